The molecule has 1 aliphatic heterocycles. The van der Waals surface area contributed by atoms with Crippen LogP contribution in [-0.2, 0) is 24.2 Å². The number of piperazine rings is 1. The van der Waals surface area contributed by atoms with Gasteiger partial charge in [-0.1, -0.05) is 11.3 Å². The Morgan fingerprint density at radius 2 is 1.80 bits per heavy atom. The number of carbonyl (C=O) groups excluding carboxylic acids is 2. The highest BCUT2D eigenvalue weighted by atomic mass is 19.1. The molecule has 2 aliphatic rings. The molecule has 1 fully saturated rings. The van der Waals surface area contributed by atoms with Crippen molar-refractivity contribution in [1.29, 1.82) is 0 Å². The molecule has 5 rings (SSSR count). The van der Waals surface area contributed by atoms with Gasteiger partial charge in [-0.2, -0.15) is 0 Å². The van der Waals surface area contributed by atoms with Crippen LogP contribution in [0.25, 0.3) is 0 Å². The fourth-order valence-corrected chi connectivity index (χ4v) is 6.23. The number of amides is 2. The van der Waals surface area contributed by atoms with E-state index in [0.29, 0.717) is 49.3 Å². The third kappa shape index (κ3) is 6.90. The zero-order valence-electron chi connectivity index (χ0n) is 25.7. The Kier molecular flexibility index (Phi) is 9.01. The fourth-order valence-electron chi connectivity index (χ4n) is 6.23. The predicted molar refractivity (Wildman–Crippen MR) is 157 cm³/mol. The van der Waals surface area contributed by atoms with Crippen LogP contribution >= 0.6 is 0 Å². The largest absolute Gasteiger partial charge is 0.444 e. The van der Waals surface area contributed by atoms with E-state index in [1.807, 2.05) is 20.0 Å². The molecule has 0 unspecified atom stereocenters. The number of carbonyl (C=O) groups is 2. The second kappa shape index (κ2) is 12.6. The van der Waals surface area contributed by atoms with Crippen molar-refractivity contribution in [2.24, 2.45) is 0 Å². The minimum Gasteiger partial charge on any atom is -0.444 e. The summed E-state index contributed by atoms with van der Waals surface area (Å²) < 4.78 is 50.3. The summed E-state index contributed by atoms with van der Waals surface area (Å²) in [5.41, 5.74) is 1.44. The number of hydrogen-bond acceptors (Lipinski definition) is 6. The number of hydrogen-bond donors (Lipinski definition) is 1. The van der Waals surface area contributed by atoms with Crippen molar-refractivity contribution in [1.82, 2.24) is 30.1 Å². The van der Waals surface area contributed by atoms with Gasteiger partial charge in [-0.3, -0.25) is 9.69 Å². The molecule has 2 heterocycles. The van der Waals surface area contributed by atoms with Crippen molar-refractivity contribution in [3.63, 3.8) is 0 Å². The van der Waals surface area contributed by atoms with Crippen LogP contribution < -0.4 is 5.32 Å². The Morgan fingerprint density at radius 1 is 1.07 bits per heavy atom. The van der Waals surface area contributed by atoms with Gasteiger partial charge in [0, 0.05) is 55.5 Å². The third-order valence-corrected chi connectivity index (χ3v) is 8.23. The van der Waals surface area contributed by atoms with Crippen LogP contribution in [0.15, 0.2) is 36.5 Å². The average molecular weight is 613 g/mol. The number of rotatable bonds is 6. The van der Waals surface area contributed by atoms with Gasteiger partial charge >= 0.3 is 6.09 Å². The van der Waals surface area contributed by atoms with E-state index >= 15 is 0 Å². The van der Waals surface area contributed by atoms with Gasteiger partial charge in [-0.25, -0.2) is 22.6 Å². The molecule has 1 aromatic heterocycles. The second-order valence-corrected chi connectivity index (χ2v) is 12.8. The summed E-state index contributed by atoms with van der Waals surface area (Å²) in [6.45, 7) is 10.3. The number of nitrogens with zero attached hydrogens (tertiary/aromatic N) is 5. The first-order valence-electron chi connectivity index (χ1n) is 15.0. The number of benzene rings is 2. The normalized spacial score (nSPS) is 20.7. The van der Waals surface area contributed by atoms with Crippen molar-refractivity contribution in [3.8, 4) is 0 Å². The minimum absolute atomic E-state index is 0.0525. The molecule has 2 amide bonds. The number of fused-ring (bicyclic) bond motifs is 1. The smallest absolute Gasteiger partial charge is 0.407 e. The zero-order chi connectivity index (χ0) is 31.8. The van der Waals surface area contributed by atoms with Gasteiger partial charge in [0.05, 0.1) is 17.9 Å². The molecule has 44 heavy (non-hydrogen) atoms. The van der Waals surface area contributed by atoms with E-state index in [1.54, 1.807) is 36.4 Å². The molecular weight excluding hydrogens is 573 g/mol. The number of alkyl carbamates (subject to hydrolysis) is 1. The van der Waals surface area contributed by atoms with Gasteiger partial charge in [0.1, 0.15) is 23.1 Å². The Morgan fingerprint density at radius 3 is 2.50 bits per heavy atom. The molecular formula is C32H39F3N6O3. The number of nitrogens with one attached hydrogen (secondary N) is 1. The van der Waals surface area contributed by atoms with E-state index in [9.17, 15) is 22.8 Å². The van der Waals surface area contributed by atoms with E-state index in [2.05, 4.69) is 20.5 Å². The molecule has 0 saturated carbocycles. The summed E-state index contributed by atoms with van der Waals surface area (Å²) >= 11 is 0. The molecule has 1 aliphatic carbocycles. The molecule has 1 saturated heterocycles. The van der Waals surface area contributed by atoms with Crippen LogP contribution in [0.5, 0.6) is 0 Å². The van der Waals surface area contributed by atoms with Gasteiger partial charge in [-0.05, 0) is 83.2 Å². The van der Waals surface area contributed by atoms with Crippen molar-refractivity contribution in [3.05, 3.63) is 81.9 Å². The number of ether oxygens (including phenoxy) is 1. The molecule has 9 nitrogen and oxygen atoms in total. The van der Waals surface area contributed by atoms with Crippen LogP contribution in [-0.4, -0.2) is 67.6 Å². The van der Waals surface area contributed by atoms with Crippen molar-refractivity contribution < 1.29 is 27.5 Å². The van der Waals surface area contributed by atoms with Crippen LogP contribution in [0, 0.1) is 17.5 Å². The van der Waals surface area contributed by atoms with E-state index in [0.717, 1.165) is 12.5 Å². The summed E-state index contributed by atoms with van der Waals surface area (Å²) in [5.74, 6) is -2.02. The molecule has 236 valence electrons. The Bertz CT molecular complexity index is 1530. The zero-order valence-corrected chi connectivity index (χ0v) is 25.7. The standard InChI is InChI=1S/C32H39F3N6O3/c1-19-15-39(30(42)24-9-6-10-27(34)26(24)14-36-31(43)44-32(3,4)5)16-20(2)40(19)17-22-18-41(38-37-22)29-11-7-8-23-25(29)12-21(33)13-28(23)35/h6,9-10,12-13,18-20,29H,7-8,11,14-17H2,1-5H3,(H,36,43)/t19-,20+,29-/m1/s1. The maximum Gasteiger partial charge on any atom is 0.407 e. The van der Waals surface area contributed by atoms with Crippen LogP contribution in [0.1, 0.15) is 86.2 Å². The van der Waals surface area contributed by atoms with Crippen molar-refractivity contribution in [2.75, 3.05) is 13.1 Å². The topological polar surface area (TPSA) is 92.6 Å². The lowest BCUT2D eigenvalue weighted by Crippen LogP contribution is -2.57. The SMILES string of the molecule is C[C@@H]1CN(C(=O)c2cccc(F)c2CNC(=O)OC(C)(C)C)C[C@H](C)N1Cc1cn([C@@H]2CCCc3c(F)cc(F)cc32)nn1. The molecule has 3 atom stereocenters. The second-order valence-electron chi connectivity index (χ2n) is 12.8. The number of aromatic nitrogens is 3. The lowest BCUT2D eigenvalue weighted by molar-refractivity contribution is 0.0262. The summed E-state index contributed by atoms with van der Waals surface area (Å²) in [7, 11) is 0. The lowest BCUT2D eigenvalue weighted by Gasteiger charge is -2.44. The Hall–Kier alpha value is -3.93. The van der Waals surface area contributed by atoms with E-state index in [4.69, 9.17) is 4.74 Å². The summed E-state index contributed by atoms with van der Waals surface area (Å²) in [4.78, 5) is 29.8. The van der Waals surface area contributed by atoms with E-state index in [1.165, 1.54) is 18.2 Å². The molecule has 0 bridgehead atoms. The van der Waals surface area contributed by atoms with E-state index < -0.39 is 29.1 Å². The highest BCUT2D eigenvalue weighted by molar-refractivity contribution is 5.96. The molecule has 1 N–H and O–H groups in total. The maximum atomic E-state index is 14.9. The Balaban J connectivity index is 1.25. The quantitative estimate of drug-likeness (QED) is 0.402. The van der Waals surface area contributed by atoms with Crippen LogP contribution in [0.4, 0.5) is 18.0 Å². The third-order valence-electron chi connectivity index (χ3n) is 8.23. The maximum absolute atomic E-state index is 14.9. The summed E-state index contributed by atoms with van der Waals surface area (Å²) in [5, 5.41) is 11.2. The first-order chi connectivity index (χ1) is 20.8. The summed E-state index contributed by atoms with van der Waals surface area (Å²) in [6.07, 6.45) is 3.18. The van der Waals surface area contributed by atoms with Crippen molar-refractivity contribution >= 4 is 12.0 Å². The first-order valence-corrected chi connectivity index (χ1v) is 15.0. The molecule has 0 spiro atoms. The highest BCUT2D eigenvalue weighted by Crippen LogP contribution is 2.34. The molecule has 0 radical (unpaired) electrons. The lowest BCUT2D eigenvalue weighted by atomic mass is 9.87. The first kappa shape index (κ1) is 31.5. The van der Waals surface area contributed by atoms with Gasteiger partial charge in [0.25, 0.3) is 5.91 Å². The van der Waals surface area contributed by atoms with Crippen LogP contribution in [0.2, 0.25) is 0 Å². The molecule has 3 aromatic rings. The molecule has 12 heteroatoms. The van der Waals surface area contributed by atoms with Gasteiger partial charge in [0.15, 0.2) is 0 Å². The van der Waals surface area contributed by atoms with Crippen molar-refractivity contribution in [2.45, 2.75) is 90.7 Å². The van der Waals surface area contributed by atoms with E-state index in [-0.39, 0.29) is 41.7 Å². The summed E-state index contributed by atoms with van der Waals surface area (Å²) in [6, 6.07) is 6.24. The monoisotopic (exact) mass is 612 g/mol. The minimum atomic E-state index is -0.710. The molecule has 2 aromatic carbocycles. The van der Waals surface area contributed by atoms with Gasteiger partial charge < -0.3 is 15.0 Å². The fraction of sp³-hybridized carbons (Fsp3) is 0.500. The highest BCUT2D eigenvalue weighted by Gasteiger charge is 2.34. The predicted octanol–water partition coefficient (Wildman–Crippen LogP) is 5.38. The Labute approximate surface area is 255 Å². The average Bonchev–Trinajstić information content (AvgIpc) is 3.41. The number of halogens is 3. The van der Waals surface area contributed by atoms with Gasteiger partial charge in [-0.15, -0.1) is 5.10 Å². The van der Waals surface area contributed by atoms with Crippen LogP contribution in [0.3, 0.4) is 0 Å². The van der Waals surface area contributed by atoms with Gasteiger partial charge in [0.2, 0.25) is 0 Å².